The van der Waals surface area contributed by atoms with Crippen LogP contribution < -0.4 is 4.74 Å². The molecule has 0 bridgehead atoms. The molecular formula is C28H30ClFN2O3S. The first kappa shape index (κ1) is 26.2. The molecule has 0 spiro atoms. The highest BCUT2D eigenvalue weighted by Gasteiger charge is 2.33. The summed E-state index contributed by atoms with van der Waals surface area (Å²) < 4.78 is 19.3. The maximum absolute atomic E-state index is 13.7. The third-order valence-electron chi connectivity index (χ3n) is 6.30. The number of thiophene rings is 1. The molecule has 1 atom stereocenters. The summed E-state index contributed by atoms with van der Waals surface area (Å²) in [6.07, 6.45) is 1.55. The fourth-order valence-corrected chi connectivity index (χ4v) is 5.42. The Hall–Kier alpha value is -2.90. The van der Waals surface area contributed by atoms with Crippen LogP contribution in [0.3, 0.4) is 0 Å². The number of halogens is 2. The minimum Gasteiger partial charge on any atom is -0.491 e. The lowest BCUT2D eigenvalue weighted by Gasteiger charge is -2.37. The number of nitrogens with zero attached hydrogens (tertiary/aromatic N) is 2. The molecule has 4 rings (SSSR count). The zero-order chi connectivity index (χ0) is 25.7. The number of ether oxygens (including phenoxy) is 1. The van der Waals surface area contributed by atoms with Gasteiger partial charge in [-0.3, -0.25) is 9.59 Å². The van der Waals surface area contributed by atoms with Gasteiger partial charge >= 0.3 is 0 Å². The Balaban J connectivity index is 1.53. The van der Waals surface area contributed by atoms with Crippen LogP contribution >= 0.6 is 22.9 Å². The summed E-state index contributed by atoms with van der Waals surface area (Å²) >= 11 is 7.79. The summed E-state index contributed by atoms with van der Waals surface area (Å²) in [5.41, 5.74) is 1.53. The van der Waals surface area contributed by atoms with Crippen molar-refractivity contribution in [1.29, 1.82) is 0 Å². The first-order valence-electron chi connectivity index (χ1n) is 12.1. The van der Waals surface area contributed by atoms with Gasteiger partial charge in [0.05, 0.1) is 6.04 Å². The monoisotopic (exact) mass is 528 g/mol. The maximum Gasteiger partial charge on any atom is 0.254 e. The lowest BCUT2D eigenvalue weighted by molar-refractivity contribution is -0.135. The van der Waals surface area contributed by atoms with Crippen LogP contribution in [0.15, 0.2) is 60.0 Å². The maximum atomic E-state index is 13.7. The summed E-state index contributed by atoms with van der Waals surface area (Å²) in [5, 5.41) is 2.51. The zero-order valence-electron chi connectivity index (χ0n) is 20.5. The minimum absolute atomic E-state index is 0.0232. The first-order valence-corrected chi connectivity index (χ1v) is 13.4. The van der Waals surface area contributed by atoms with Gasteiger partial charge in [-0.25, -0.2) is 4.39 Å². The molecule has 0 saturated carbocycles. The second kappa shape index (κ2) is 11.9. The number of carbonyl (C=O) groups excluding carboxylic acids is 2. The molecule has 0 unspecified atom stereocenters. The number of hydrogen-bond donors (Lipinski definition) is 0. The van der Waals surface area contributed by atoms with Crippen molar-refractivity contribution in [3.8, 4) is 5.75 Å². The number of benzene rings is 2. The predicted molar refractivity (Wildman–Crippen MR) is 141 cm³/mol. The van der Waals surface area contributed by atoms with Crippen molar-refractivity contribution in [1.82, 2.24) is 9.80 Å². The normalized spacial score (nSPS) is 15.0. The fraction of sp³-hybridized carbons (Fsp3) is 0.357. The van der Waals surface area contributed by atoms with E-state index in [-0.39, 0.29) is 36.8 Å². The van der Waals surface area contributed by atoms with Crippen molar-refractivity contribution < 1.29 is 18.7 Å². The van der Waals surface area contributed by atoms with Crippen LogP contribution in [-0.4, -0.2) is 47.9 Å². The van der Waals surface area contributed by atoms with Crippen LogP contribution in [0, 0.1) is 11.7 Å². The van der Waals surface area contributed by atoms with Crippen LogP contribution in [0.5, 0.6) is 5.75 Å². The Morgan fingerprint density at radius 3 is 2.69 bits per heavy atom. The van der Waals surface area contributed by atoms with Crippen molar-refractivity contribution in [2.75, 3.05) is 26.2 Å². The van der Waals surface area contributed by atoms with Gasteiger partial charge in [0.15, 0.2) is 0 Å². The Labute approximate surface area is 220 Å². The highest BCUT2D eigenvalue weighted by atomic mass is 35.5. The average Bonchev–Trinajstić information content (AvgIpc) is 3.34. The van der Waals surface area contributed by atoms with E-state index in [0.29, 0.717) is 35.3 Å². The molecule has 2 aromatic carbocycles. The summed E-state index contributed by atoms with van der Waals surface area (Å²) in [4.78, 5) is 31.7. The molecule has 1 aliphatic heterocycles. The Morgan fingerprint density at radius 1 is 1.19 bits per heavy atom. The van der Waals surface area contributed by atoms with E-state index >= 15 is 0 Å². The van der Waals surface area contributed by atoms with E-state index in [9.17, 15) is 14.0 Å². The number of amides is 2. The quantitative estimate of drug-likeness (QED) is 0.330. The smallest absolute Gasteiger partial charge is 0.254 e. The summed E-state index contributed by atoms with van der Waals surface area (Å²) in [7, 11) is 0. The molecule has 36 heavy (non-hydrogen) atoms. The fourth-order valence-electron chi connectivity index (χ4n) is 4.31. The van der Waals surface area contributed by atoms with Gasteiger partial charge in [0.25, 0.3) is 5.91 Å². The van der Waals surface area contributed by atoms with Crippen molar-refractivity contribution >= 4 is 34.8 Å². The molecule has 3 aromatic rings. The van der Waals surface area contributed by atoms with E-state index < -0.39 is 0 Å². The minimum atomic E-state index is -0.331. The Kier molecular flexibility index (Phi) is 8.64. The summed E-state index contributed by atoms with van der Waals surface area (Å²) in [6.45, 7) is 5.43. The lowest BCUT2D eigenvalue weighted by Crippen LogP contribution is -2.48. The van der Waals surface area contributed by atoms with E-state index in [2.05, 4.69) is 13.8 Å². The number of carbonyl (C=O) groups is 2. The lowest BCUT2D eigenvalue weighted by atomic mass is 10.00. The second-order valence-electron chi connectivity index (χ2n) is 9.34. The predicted octanol–water partition coefficient (Wildman–Crippen LogP) is 6.23. The van der Waals surface area contributed by atoms with Gasteiger partial charge in [0.2, 0.25) is 5.91 Å². The van der Waals surface area contributed by atoms with E-state index in [4.69, 9.17) is 16.3 Å². The van der Waals surface area contributed by atoms with Crippen molar-refractivity contribution in [2.24, 2.45) is 5.92 Å². The van der Waals surface area contributed by atoms with Gasteiger partial charge in [-0.05, 0) is 78.2 Å². The van der Waals surface area contributed by atoms with Gasteiger partial charge in [0.1, 0.15) is 24.7 Å². The van der Waals surface area contributed by atoms with Crippen LogP contribution in [-0.2, 0) is 11.2 Å². The third-order valence-corrected chi connectivity index (χ3v) is 7.53. The molecule has 1 aromatic heterocycles. The van der Waals surface area contributed by atoms with Crippen molar-refractivity contribution in [3.05, 3.63) is 86.8 Å². The number of fused-ring (bicyclic) bond motifs is 1. The highest BCUT2D eigenvalue weighted by Crippen LogP contribution is 2.34. The van der Waals surface area contributed by atoms with E-state index in [1.54, 1.807) is 52.6 Å². The van der Waals surface area contributed by atoms with E-state index in [1.165, 1.54) is 17.0 Å². The largest absolute Gasteiger partial charge is 0.491 e. The molecule has 1 aliphatic rings. The van der Waals surface area contributed by atoms with Gasteiger partial charge in [-0.1, -0.05) is 31.5 Å². The van der Waals surface area contributed by atoms with Gasteiger partial charge in [-0.2, -0.15) is 0 Å². The van der Waals surface area contributed by atoms with Crippen molar-refractivity contribution in [2.45, 2.75) is 32.7 Å². The zero-order valence-corrected chi connectivity index (χ0v) is 22.0. The molecule has 190 valence electrons. The molecule has 0 radical (unpaired) electrons. The molecule has 5 nitrogen and oxygen atoms in total. The van der Waals surface area contributed by atoms with Crippen LogP contribution in [0.1, 0.15) is 47.1 Å². The topological polar surface area (TPSA) is 49.9 Å². The number of rotatable bonds is 9. The molecule has 0 fully saturated rings. The molecule has 0 saturated heterocycles. The molecule has 0 N–H and O–H groups in total. The average molecular weight is 529 g/mol. The van der Waals surface area contributed by atoms with E-state index in [0.717, 1.165) is 18.4 Å². The first-order chi connectivity index (χ1) is 17.3. The van der Waals surface area contributed by atoms with Crippen molar-refractivity contribution in [3.63, 3.8) is 0 Å². The van der Waals surface area contributed by atoms with Gasteiger partial charge in [-0.15, -0.1) is 11.3 Å². The summed E-state index contributed by atoms with van der Waals surface area (Å²) in [6, 6.07) is 14.4. The van der Waals surface area contributed by atoms with E-state index in [1.807, 2.05) is 16.3 Å². The molecular weight excluding hydrogens is 499 g/mol. The molecule has 0 aliphatic carbocycles. The third kappa shape index (κ3) is 6.45. The Bertz CT molecular complexity index is 1200. The standard InChI is InChI=1S/C28H30ClFN2O3S/c1-19(2)10-13-31(28(34)20-4-3-5-21(29)16-20)17-27(33)32-14-11-26-24(12-15-36-26)25(32)18-35-23-8-6-22(30)7-9-23/h3-9,12,15-16,19,25H,10-11,13-14,17-18H2,1-2H3/t25-/m0/s1. The van der Waals surface area contributed by atoms with Gasteiger partial charge < -0.3 is 14.5 Å². The van der Waals surface area contributed by atoms with Gasteiger partial charge in [0, 0.05) is 28.6 Å². The highest BCUT2D eigenvalue weighted by molar-refractivity contribution is 7.10. The summed E-state index contributed by atoms with van der Waals surface area (Å²) in [5.74, 6) is 0.260. The molecule has 2 heterocycles. The number of hydrogen-bond acceptors (Lipinski definition) is 4. The molecule has 8 heteroatoms. The molecule has 2 amide bonds. The second-order valence-corrected chi connectivity index (χ2v) is 10.8. The SMILES string of the molecule is CC(C)CCN(CC(=O)N1CCc2sccc2[C@@H]1COc1ccc(F)cc1)C(=O)c1cccc(Cl)c1. The van der Waals surface area contributed by atoms with Crippen LogP contribution in [0.2, 0.25) is 5.02 Å². The Morgan fingerprint density at radius 2 is 1.97 bits per heavy atom. The van der Waals surface area contributed by atoms with Crippen LogP contribution in [0.4, 0.5) is 4.39 Å². The van der Waals surface area contributed by atoms with Crippen LogP contribution in [0.25, 0.3) is 0 Å².